The molecule has 0 aliphatic rings. The second kappa shape index (κ2) is 10.9. The third kappa shape index (κ3) is 6.83. The monoisotopic (exact) mass is 568 g/mol. The number of rotatable bonds is 7. The van der Waals surface area contributed by atoms with Crippen molar-refractivity contribution in [2.24, 2.45) is 0 Å². The molecule has 0 aliphatic carbocycles. The van der Waals surface area contributed by atoms with Crippen LogP contribution in [0, 0.1) is 5.82 Å². The number of alkyl halides is 6. The Hall–Kier alpha value is -3.51. The van der Waals surface area contributed by atoms with Gasteiger partial charge in [-0.25, -0.2) is 8.78 Å². The highest BCUT2D eigenvalue weighted by Crippen LogP contribution is 2.41. The van der Waals surface area contributed by atoms with E-state index in [-0.39, 0.29) is 11.4 Å². The minimum atomic E-state index is -5.92. The summed E-state index contributed by atoms with van der Waals surface area (Å²) in [5, 5.41) is 3.31. The van der Waals surface area contributed by atoms with E-state index in [9.17, 15) is 40.3 Å². The molecule has 0 heterocycles. The molecule has 0 aromatic heterocycles. The maximum atomic E-state index is 14.3. The van der Waals surface area contributed by atoms with E-state index < -0.39 is 57.4 Å². The molecule has 0 saturated heterocycles. The van der Waals surface area contributed by atoms with Crippen molar-refractivity contribution in [3.63, 3.8) is 0 Å². The second-order valence-corrected chi connectivity index (χ2v) is 8.11. The number of nitrogens with one attached hydrogen (secondary N) is 2. The third-order valence-corrected chi connectivity index (χ3v) is 5.21. The molecule has 0 fully saturated rings. The van der Waals surface area contributed by atoms with Gasteiger partial charge in [-0.2, -0.15) is 22.0 Å². The maximum Gasteiger partial charge on any atom is 0.439 e. The zero-order chi connectivity index (χ0) is 27.5. The van der Waals surface area contributed by atoms with Crippen LogP contribution in [0.4, 0.5) is 42.1 Å². The Morgan fingerprint density at radius 3 is 2.11 bits per heavy atom. The van der Waals surface area contributed by atoms with Crippen molar-refractivity contribution in [1.82, 2.24) is 0 Å². The normalized spacial score (nSPS) is 12.6. The van der Waals surface area contributed by atoms with Crippen LogP contribution in [0.5, 0.6) is 5.75 Å². The summed E-state index contributed by atoms with van der Waals surface area (Å²) < 4.78 is 95.3. The lowest BCUT2D eigenvalue weighted by Gasteiger charge is -2.24. The van der Waals surface area contributed by atoms with Gasteiger partial charge in [0.25, 0.3) is 18.0 Å². The maximum absolute atomic E-state index is 14.3. The molecule has 196 valence electrons. The van der Waals surface area contributed by atoms with Gasteiger partial charge in [0.05, 0.1) is 21.3 Å². The summed E-state index contributed by atoms with van der Waals surface area (Å²) in [6.45, 7) is 0. The fourth-order valence-electron chi connectivity index (χ4n) is 2.85. The molecular weight excluding hydrogens is 556 g/mol. The first kappa shape index (κ1) is 28.1. The van der Waals surface area contributed by atoms with Crippen molar-refractivity contribution >= 4 is 46.4 Å². The van der Waals surface area contributed by atoms with Crippen LogP contribution < -0.4 is 15.4 Å². The van der Waals surface area contributed by atoms with Crippen molar-refractivity contribution in [3.05, 3.63) is 87.7 Å². The highest BCUT2D eigenvalue weighted by atomic mass is 35.5. The molecule has 0 radical (unpaired) electrons. The summed E-state index contributed by atoms with van der Waals surface area (Å²) in [5.41, 5.74) is -0.573. The van der Waals surface area contributed by atoms with Crippen molar-refractivity contribution in [3.8, 4) is 5.75 Å². The van der Waals surface area contributed by atoms with Gasteiger partial charge in [0.1, 0.15) is 11.6 Å². The molecule has 0 saturated carbocycles. The first-order chi connectivity index (χ1) is 17.2. The molecule has 1 atom stereocenters. The fraction of sp³-hybridized carbons (Fsp3) is 0.130. The van der Waals surface area contributed by atoms with Crippen LogP contribution >= 0.6 is 23.2 Å². The minimum absolute atomic E-state index is 0.0564. The lowest BCUT2D eigenvalue weighted by atomic mass is 10.1. The molecule has 14 heteroatoms. The molecule has 0 aliphatic heterocycles. The van der Waals surface area contributed by atoms with Crippen LogP contribution in [-0.4, -0.2) is 30.3 Å². The molecule has 3 aromatic carbocycles. The Morgan fingerprint density at radius 1 is 0.838 bits per heavy atom. The summed E-state index contributed by atoms with van der Waals surface area (Å²) in [6.07, 6.45) is -15.9. The number of amides is 2. The van der Waals surface area contributed by atoms with Gasteiger partial charge in [0.2, 0.25) is 0 Å². The van der Waals surface area contributed by atoms with Crippen LogP contribution in [0.25, 0.3) is 0 Å². The minimum Gasteiger partial charge on any atom is -0.428 e. The number of hydrogen-bond donors (Lipinski definition) is 2. The van der Waals surface area contributed by atoms with Crippen LogP contribution in [0.2, 0.25) is 10.0 Å². The molecular formula is C23H13Cl2F7N2O3. The van der Waals surface area contributed by atoms with Crippen LogP contribution in [0.1, 0.15) is 20.7 Å². The summed E-state index contributed by atoms with van der Waals surface area (Å²) in [6, 6.07) is 12.3. The van der Waals surface area contributed by atoms with E-state index in [1.807, 2.05) is 0 Å². The average molecular weight is 569 g/mol. The molecule has 3 rings (SSSR count). The fourth-order valence-corrected chi connectivity index (χ4v) is 3.25. The predicted octanol–water partition coefficient (Wildman–Crippen LogP) is 7.51. The van der Waals surface area contributed by atoms with Gasteiger partial charge in [-0.05, 0) is 36.4 Å². The van der Waals surface area contributed by atoms with Gasteiger partial charge in [-0.1, -0.05) is 41.4 Å². The van der Waals surface area contributed by atoms with E-state index in [0.29, 0.717) is 11.6 Å². The Morgan fingerprint density at radius 2 is 1.49 bits per heavy atom. The van der Waals surface area contributed by atoms with Crippen LogP contribution in [-0.2, 0) is 0 Å². The standard InChI is InChI=1S/C23H13Cl2F7N2O3/c24-14-10-18(37-23(31,32)21(27)22(28,29)30)15(25)9-17(14)34-20(36)13-8-12(6-7-16(13)26)33-19(35)11-4-2-1-3-5-11/h1-10,21H,(H,33,35)(H,34,36). The van der Waals surface area contributed by atoms with Crippen molar-refractivity contribution in [1.29, 1.82) is 0 Å². The quantitative estimate of drug-likeness (QED) is 0.290. The summed E-state index contributed by atoms with van der Waals surface area (Å²) >= 11 is 11.6. The van der Waals surface area contributed by atoms with Crippen molar-refractivity contribution in [2.75, 3.05) is 10.6 Å². The molecule has 0 spiro atoms. The smallest absolute Gasteiger partial charge is 0.428 e. The van der Waals surface area contributed by atoms with E-state index in [1.165, 1.54) is 18.2 Å². The number of anilines is 2. The SMILES string of the molecule is O=C(Nc1ccc(F)c(C(=O)Nc2cc(Cl)c(OC(F)(F)C(F)C(F)(F)F)cc2Cl)c1)c1ccccc1. The average Bonchev–Trinajstić information content (AvgIpc) is 2.82. The van der Waals surface area contributed by atoms with E-state index in [0.717, 1.165) is 18.2 Å². The van der Waals surface area contributed by atoms with E-state index in [4.69, 9.17) is 23.2 Å². The highest BCUT2D eigenvalue weighted by molar-refractivity contribution is 6.36. The summed E-state index contributed by atoms with van der Waals surface area (Å²) in [5.74, 6) is -3.76. The van der Waals surface area contributed by atoms with Gasteiger partial charge in [0.15, 0.2) is 0 Å². The lowest BCUT2D eigenvalue weighted by molar-refractivity contribution is -0.304. The van der Waals surface area contributed by atoms with E-state index >= 15 is 0 Å². The van der Waals surface area contributed by atoms with Crippen molar-refractivity contribution in [2.45, 2.75) is 18.5 Å². The van der Waals surface area contributed by atoms with Gasteiger partial charge < -0.3 is 15.4 Å². The molecule has 2 amide bonds. The number of carbonyl (C=O) groups is 2. The Labute approximate surface area is 214 Å². The zero-order valence-corrected chi connectivity index (χ0v) is 19.5. The largest absolute Gasteiger partial charge is 0.439 e. The van der Waals surface area contributed by atoms with Crippen LogP contribution in [0.15, 0.2) is 60.7 Å². The van der Waals surface area contributed by atoms with Gasteiger partial charge >= 0.3 is 12.3 Å². The van der Waals surface area contributed by atoms with Gasteiger partial charge in [0, 0.05) is 17.3 Å². The predicted molar refractivity (Wildman–Crippen MR) is 122 cm³/mol. The molecule has 2 N–H and O–H groups in total. The topological polar surface area (TPSA) is 67.4 Å². The highest BCUT2D eigenvalue weighted by Gasteiger charge is 2.59. The van der Waals surface area contributed by atoms with E-state index in [1.54, 1.807) is 18.2 Å². The third-order valence-electron chi connectivity index (χ3n) is 4.60. The van der Waals surface area contributed by atoms with Crippen LogP contribution in [0.3, 0.4) is 0 Å². The van der Waals surface area contributed by atoms with Gasteiger partial charge in [-0.3, -0.25) is 9.59 Å². The second-order valence-electron chi connectivity index (χ2n) is 7.30. The number of hydrogen-bond acceptors (Lipinski definition) is 3. The van der Waals surface area contributed by atoms with E-state index in [2.05, 4.69) is 15.4 Å². The summed E-state index contributed by atoms with van der Waals surface area (Å²) in [7, 11) is 0. The van der Waals surface area contributed by atoms with Crippen molar-refractivity contribution < 1.29 is 45.1 Å². The molecule has 5 nitrogen and oxygen atoms in total. The number of halogens is 9. The first-order valence-electron chi connectivity index (χ1n) is 9.93. The molecule has 1 unspecified atom stereocenters. The molecule has 0 bridgehead atoms. The number of ether oxygens (including phenoxy) is 1. The Kier molecular flexibility index (Phi) is 8.23. The molecule has 3 aromatic rings. The Balaban J connectivity index is 1.79. The number of benzene rings is 3. The summed E-state index contributed by atoms with van der Waals surface area (Å²) in [4.78, 5) is 24.9. The van der Waals surface area contributed by atoms with Gasteiger partial charge in [-0.15, -0.1) is 0 Å². The number of carbonyl (C=O) groups excluding carboxylic acids is 2. The zero-order valence-electron chi connectivity index (χ0n) is 18.0. The molecule has 37 heavy (non-hydrogen) atoms. The Bertz CT molecular complexity index is 1320. The first-order valence-corrected chi connectivity index (χ1v) is 10.7. The lowest BCUT2D eigenvalue weighted by Crippen LogP contribution is -2.45.